The molecule has 1 aliphatic rings. The van der Waals surface area contributed by atoms with Gasteiger partial charge in [-0.3, -0.25) is 0 Å². The lowest BCUT2D eigenvalue weighted by molar-refractivity contribution is 0.0189. The first kappa shape index (κ1) is 21.2. The van der Waals surface area contributed by atoms with E-state index in [1.807, 2.05) is 39.0 Å². The molecule has 4 aromatic rings. The number of piperidine rings is 1. The molecule has 0 bridgehead atoms. The largest absolute Gasteiger partial charge is 0.444 e. The summed E-state index contributed by atoms with van der Waals surface area (Å²) in [6.45, 7) is 7.49. The molecular weight excluding hydrogens is 420 g/mol. The number of carbonyl (C=O) groups excluding carboxylic acids is 1. The van der Waals surface area contributed by atoms with Crippen LogP contribution >= 0.6 is 0 Å². The Morgan fingerprint density at radius 1 is 1.18 bits per heavy atom. The van der Waals surface area contributed by atoms with Crippen LogP contribution in [0.5, 0.6) is 0 Å². The van der Waals surface area contributed by atoms with Gasteiger partial charge in [0.05, 0.1) is 23.9 Å². The molecule has 1 fully saturated rings. The number of hydrogen-bond donors (Lipinski definition) is 2. The third-order valence-electron chi connectivity index (χ3n) is 5.79. The van der Waals surface area contributed by atoms with Gasteiger partial charge in [-0.05, 0) is 45.7 Å². The number of likely N-dealkylation sites (tertiary alicyclic amines) is 1. The molecule has 5 rings (SSSR count). The van der Waals surface area contributed by atoms with E-state index >= 15 is 0 Å². The first-order valence-corrected chi connectivity index (χ1v) is 11.2. The van der Waals surface area contributed by atoms with Gasteiger partial charge in [0.1, 0.15) is 23.3 Å². The number of rotatable bonds is 4. The maximum atomic E-state index is 12.5. The Hall–Kier alpha value is -3.69. The lowest BCUT2D eigenvalue weighted by atomic mass is 10.0. The lowest BCUT2D eigenvalue weighted by Gasteiger charge is -2.34. The number of ether oxygens (including phenoxy) is 1. The highest BCUT2D eigenvalue weighted by Gasteiger charge is 2.29. The molecule has 10 nitrogen and oxygen atoms in total. The Balaban J connectivity index is 1.37. The number of H-pyrrole nitrogens is 1. The Bertz CT molecular complexity index is 1280. The summed E-state index contributed by atoms with van der Waals surface area (Å²) in [5, 5.41) is 3.39. The summed E-state index contributed by atoms with van der Waals surface area (Å²) in [4.78, 5) is 35.0. The number of imidazole rings is 2. The first-order chi connectivity index (χ1) is 15.9. The zero-order valence-corrected chi connectivity index (χ0v) is 19.1. The molecule has 4 heterocycles. The van der Waals surface area contributed by atoms with Gasteiger partial charge in [0.2, 0.25) is 0 Å². The summed E-state index contributed by atoms with van der Waals surface area (Å²) in [6, 6.07) is 8.41. The molecule has 1 saturated heterocycles. The molecule has 0 atom stereocenters. The van der Waals surface area contributed by atoms with Crippen molar-refractivity contribution < 1.29 is 9.53 Å². The zero-order chi connectivity index (χ0) is 23.0. The molecule has 0 aliphatic carbocycles. The van der Waals surface area contributed by atoms with Crippen LogP contribution in [0.15, 0.2) is 36.9 Å². The van der Waals surface area contributed by atoms with Gasteiger partial charge < -0.3 is 24.5 Å². The smallest absolute Gasteiger partial charge is 0.410 e. The molecule has 0 saturated carbocycles. The number of nitrogens with zero attached hydrogens (tertiary/aromatic N) is 6. The minimum absolute atomic E-state index is 0.241. The number of fused-ring (bicyclic) bond motifs is 2. The number of amides is 1. The van der Waals surface area contributed by atoms with Crippen LogP contribution in [0.25, 0.3) is 22.2 Å². The van der Waals surface area contributed by atoms with Crippen molar-refractivity contribution in [1.82, 2.24) is 34.4 Å². The second kappa shape index (κ2) is 8.34. The monoisotopic (exact) mass is 448 g/mol. The Labute approximate surface area is 191 Å². The average molecular weight is 449 g/mol. The predicted molar refractivity (Wildman–Crippen MR) is 125 cm³/mol. The van der Waals surface area contributed by atoms with Crippen molar-refractivity contribution in [1.29, 1.82) is 0 Å². The SMILES string of the molecule is CC(C)(C)OC(=O)N1CCC(n2c(CNc3ncnc4nc[nH]c34)nc3ccccc32)CC1. The highest BCUT2D eigenvalue weighted by Crippen LogP contribution is 2.30. The van der Waals surface area contributed by atoms with Crippen LogP contribution in [0, 0.1) is 0 Å². The molecular formula is C23H28N8O2. The predicted octanol–water partition coefficient (Wildman–Crippen LogP) is 3.89. The number of hydrogen-bond acceptors (Lipinski definition) is 7. The van der Waals surface area contributed by atoms with Crippen molar-refractivity contribution in [2.45, 2.75) is 51.8 Å². The third-order valence-corrected chi connectivity index (χ3v) is 5.79. The van der Waals surface area contributed by atoms with Crippen LogP contribution in [-0.2, 0) is 11.3 Å². The molecule has 0 radical (unpaired) electrons. The summed E-state index contributed by atoms with van der Waals surface area (Å²) < 4.78 is 7.86. The number of carbonyl (C=O) groups is 1. The van der Waals surface area contributed by atoms with Crippen molar-refractivity contribution in [3.8, 4) is 0 Å². The highest BCUT2D eigenvalue weighted by atomic mass is 16.6. The number of benzene rings is 1. The van der Waals surface area contributed by atoms with E-state index in [-0.39, 0.29) is 12.1 Å². The van der Waals surface area contributed by atoms with Crippen molar-refractivity contribution in [2.24, 2.45) is 0 Å². The van der Waals surface area contributed by atoms with Gasteiger partial charge in [-0.25, -0.2) is 24.7 Å². The van der Waals surface area contributed by atoms with Crippen molar-refractivity contribution in [2.75, 3.05) is 18.4 Å². The van der Waals surface area contributed by atoms with E-state index in [2.05, 4.69) is 35.9 Å². The molecule has 1 aliphatic heterocycles. The quantitative estimate of drug-likeness (QED) is 0.487. The van der Waals surface area contributed by atoms with Gasteiger partial charge in [-0.15, -0.1) is 0 Å². The number of anilines is 1. The summed E-state index contributed by atoms with van der Waals surface area (Å²) in [7, 11) is 0. The fourth-order valence-corrected chi connectivity index (χ4v) is 4.32. The van der Waals surface area contributed by atoms with Crippen molar-refractivity contribution in [3.63, 3.8) is 0 Å². The summed E-state index contributed by atoms with van der Waals surface area (Å²) in [5.74, 6) is 1.62. The number of aromatic nitrogens is 6. The van der Waals surface area contributed by atoms with E-state index < -0.39 is 5.60 Å². The van der Waals surface area contributed by atoms with E-state index in [1.165, 1.54) is 6.33 Å². The minimum atomic E-state index is -0.492. The van der Waals surface area contributed by atoms with Gasteiger partial charge in [0.15, 0.2) is 11.5 Å². The number of aromatic amines is 1. The maximum absolute atomic E-state index is 12.5. The van der Waals surface area contributed by atoms with Gasteiger partial charge in [-0.2, -0.15) is 0 Å². The van der Waals surface area contributed by atoms with Crippen LogP contribution in [0.4, 0.5) is 10.6 Å². The van der Waals surface area contributed by atoms with E-state index in [1.54, 1.807) is 11.2 Å². The molecule has 1 aromatic carbocycles. The molecule has 10 heteroatoms. The van der Waals surface area contributed by atoms with Crippen molar-refractivity contribution in [3.05, 3.63) is 42.7 Å². The summed E-state index contributed by atoms with van der Waals surface area (Å²) in [6.07, 6.45) is 4.54. The van der Waals surface area contributed by atoms with E-state index in [4.69, 9.17) is 9.72 Å². The molecule has 0 spiro atoms. The van der Waals surface area contributed by atoms with Crippen LogP contribution in [0.1, 0.15) is 45.5 Å². The lowest BCUT2D eigenvalue weighted by Crippen LogP contribution is -2.42. The van der Waals surface area contributed by atoms with Crippen LogP contribution in [0.3, 0.4) is 0 Å². The van der Waals surface area contributed by atoms with Gasteiger partial charge in [0, 0.05) is 19.1 Å². The molecule has 1 amide bonds. The van der Waals surface area contributed by atoms with Crippen LogP contribution in [-0.4, -0.2) is 59.2 Å². The third kappa shape index (κ3) is 4.33. The second-order valence-corrected chi connectivity index (χ2v) is 9.26. The van der Waals surface area contributed by atoms with Crippen molar-refractivity contribution >= 4 is 34.1 Å². The molecule has 3 aromatic heterocycles. The van der Waals surface area contributed by atoms with Crippen LogP contribution in [0.2, 0.25) is 0 Å². The Morgan fingerprint density at radius 3 is 2.76 bits per heavy atom. The standard InChI is InChI=1S/C23H28N8O2/c1-23(2,3)33-22(32)30-10-8-15(9-11-30)31-17-7-5-4-6-16(17)29-18(31)12-24-20-19-21(26-13-25-19)28-14-27-20/h4-7,13-15H,8-12H2,1-3H3,(H2,24,25,26,27,28). The van der Waals surface area contributed by atoms with Gasteiger partial charge in [0.25, 0.3) is 0 Å². The number of nitrogens with one attached hydrogen (secondary N) is 2. The van der Waals surface area contributed by atoms with E-state index in [0.29, 0.717) is 31.1 Å². The van der Waals surface area contributed by atoms with E-state index in [0.717, 1.165) is 35.2 Å². The van der Waals surface area contributed by atoms with Gasteiger partial charge in [-0.1, -0.05) is 12.1 Å². The summed E-state index contributed by atoms with van der Waals surface area (Å²) in [5.41, 5.74) is 2.95. The Morgan fingerprint density at radius 2 is 1.97 bits per heavy atom. The number of para-hydroxylation sites is 2. The normalized spacial score (nSPS) is 15.3. The highest BCUT2D eigenvalue weighted by molar-refractivity contribution is 5.82. The first-order valence-electron chi connectivity index (χ1n) is 11.2. The van der Waals surface area contributed by atoms with Crippen LogP contribution < -0.4 is 5.32 Å². The fourth-order valence-electron chi connectivity index (χ4n) is 4.32. The Kier molecular flexibility index (Phi) is 5.35. The molecule has 2 N–H and O–H groups in total. The molecule has 33 heavy (non-hydrogen) atoms. The zero-order valence-electron chi connectivity index (χ0n) is 19.1. The fraction of sp³-hybridized carbons (Fsp3) is 0.435. The van der Waals surface area contributed by atoms with Gasteiger partial charge >= 0.3 is 6.09 Å². The molecule has 172 valence electrons. The minimum Gasteiger partial charge on any atom is -0.444 e. The second-order valence-electron chi connectivity index (χ2n) is 9.26. The topological polar surface area (TPSA) is 114 Å². The maximum Gasteiger partial charge on any atom is 0.410 e. The average Bonchev–Trinajstić information content (AvgIpc) is 3.41. The van der Waals surface area contributed by atoms with E-state index in [9.17, 15) is 4.79 Å². The molecule has 0 unspecified atom stereocenters. The summed E-state index contributed by atoms with van der Waals surface area (Å²) >= 11 is 0.